The summed E-state index contributed by atoms with van der Waals surface area (Å²) in [6.45, 7) is 7.44. The van der Waals surface area contributed by atoms with Crippen LogP contribution < -0.4 is 10.3 Å². The van der Waals surface area contributed by atoms with Crippen molar-refractivity contribution in [2.45, 2.75) is 37.3 Å². The third-order valence-electron chi connectivity index (χ3n) is 6.34. The van der Waals surface area contributed by atoms with Crippen LogP contribution in [0.2, 0.25) is 0 Å². The van der Waals surface area contributed by atoms with E-state index in [9.17, 15) is 5.11 Å². The van der Waals surface area contributed by atoms with Crippen molar-refractivity contribution in [1.82, 2.24) is 25.3 Å². The first-order chi connectivity index (χ1) is 19.1. The third kappa shape index (κ3) is 8.33. The van der Waals surface area contributed by atoms with Gasteiger partial charge in [-0.2, -0.15) is 5.10 Å². The van der Waals surface area contributed by atoms with E-state index in [2.05, 4.69) is 32.2 Å². The van der Waals surface area contributed by atoms with Gasteiger partial charge in [-0.05, 0) is 25.5 Å². The highest BCUT2D eigenvalue weighted by molar-refractivity contribution is 7.80. The van der Waals surface area contributed by atoms with Gasteiger partial charge in [-0.3, -0.25) is 4.90 Å². The maximum atomic E-state index is 10.8. The molecule has 9 nitrogen and oxygen atoms in total. The summed E-state index contributed by atoms with van der Waals surface area (Å²) in [6, 6.07) is 7.89. The summed E-state index contributed by atoms with van der Waals surface area (Å²) in [7, 11) is 1.76. The maximum absolute atomic E-state index is 10.8. The molecule has 0 saturated carbocycles. The highest BCUT2D eigenvalue weighted by atomic mass is 32.1. The lowest BCUT2D eigenvalue weighted by Gasteiger charge is -2.29. The second kappa shape index (κ2) is 15.1. The predicted molar refractivity (Wildman–Crippen MR) is 162 cm³/mol. The minimum atomic E-state index is -0.617. The molecule has 1 fully saturated rings. The lowest BCUT2D eigenvalue weighted by atomic mass is 10.1. The van der Waals surface area contributed by atoms with Crippen LogP contribution in [0, 0.1) is 0 Å². The van der Waals surface area contributed by atoms with Gasteiger partial charge < -0.3 is 20.2 Å². The van der Waals surface area contributed by atoms with Crippen LogP contribution in [-0.4, -0.2) is 83.7 Å². The molecule has 2 aromatic heterocycles. The number of thiazole rings is 1. The molecule has 4 rings (SSSR count). The van der Waals surface area contributed by atoms with Crippen LogP contribution in [0.1, 0.15) is 36.0 Å². The van der Waals surface area contributed by atoms with E-state index in [4.69, 9.17) is 27.3 Å². The molecule has 1 aromatic carbocycles. The molecule has 2 N–H and O–H groups in total. The summed E-state index contributed by atoms with van der Waals surface area (Å²) in [6.07, 6.45) is 8.30. The first-order valence-corrected chi connectivity index (χ1v) is 14.6. The number of nitrogens with zero attached hydrogens (tertiary/aromatic N) is 6. The van der Waals surface area contributed by atoms with Gasteiger partial charge in [0.25, 0.3) is 0 Å². The summed E-state index contributed by atoms with van der Waals surface area (Å²) in [5, 5.41) is 18.1. The Kier molecular flexibility index (Phi) is 11.3. The van der Waals surface area contributed by atoms with E-state index in [1.807, 2.05) is 41.9 Å². The van der Waals surface area contributed by atoms with Crippen molar-refractivity contribution >= 4 is 42.1 Å². The molecular formula is C28H37N7O2S2. The Balaban J connectivity index is 1.57. The van der Waals surface area contributed by atoms with Crippen molar-refractivity contribution in [2.24, 2.45) is 5.10 Å². The normalized spacial score (nSPS) is 15.1. The topological polar surface area (TPSA) is 99.0 Å². The fraction of sp³-hybridized carbons (Fsp3) is 0.429. The minimum absolute atomic E-state index is 0.583. The number of benzene rings is 1. The number of morpholine rings is 1. The second-order valence-electron chi connectivity index (χ2n) is 9.19. The van der Waals surface area contributed by atoms with Gasteiger partial charge >= 0.3 is 0 Å². The van der Waals surface area contributed by atoms with Crippen molar-refractivity contribution < 1.29 is 9.84 Å². The van der Waals surface area contributed by atoms with Crippen LogP contribution in [0.5, 0.6) is 0 Å². The highest BCUT2D eigenvalue weighted by Crippen LogP contribution is 2.30. The van der Waals surface area contributed by atoms with Gasteiger partial charge in [-0.25, -0.2) is 15.0 Å². The minimum Gasteiger partial charge on any atom is -0.389 e. The van der Waals surface area contributed by atoms with E-state index < -0.39 is 6.10 Å². The van der Waals surface area contributed by atoms with Gasteiger partial charge in [-0.15, -0.1) is 24.0 Å². The fourth-order valence-corrected chi connectivity index (χ4v) is 5.33. The Morgan fingerprint density at radius 2 is 2.08 bits per heavy atom. The monoisotopic (exact) mass is 567 g/mol. The van der Waals surface area contributed by atoms with E-state index >= 15 is 0 Å². The zero-order valence-corrected chi connectivity index (χ0v) is 24.2. The SMILES string of the molecule is CCCN(CCC(O)/C=C/c1nc(-c2ccccc2/C=N\NC)nc(N2CCOCC2)c1S)Cc1nccs1. The Morgan fingerprint density at radius 1 is 1.26 bits per heavy atom. The molecule has 1 aliphatic rings. The van der Waals surface area contributed by atoms with Crippen LogP contribution >= 0.6 is 24.0 Å². The molecule has 0 aliphatic carbocycles. The standard InChI is InChI=1S/C28H37N7O2S2/c1-3-12-34(20-25-30-11-18-39-25)13-10-22(36)8-9-24-26(38)28(35-14-16-37-17-15-35)33-27(32-24)23-7-5-4-6-21(23)19-31-29-2/h4-9,11,18-19,22,29,36,38H,3,10,12-17,20H2,1-2H3/b9-8+,31-19-. The third-order valence-corrected chi connectivity index (χ3v) is 7.53. The second-order valence-corrected chi connectivity index (χ2v) is 10.6. The largest absolute Gasteiger partial charge is 0.389 e. The van der Waals surface area contributed by atoms with Crippen molar-refractivity contribution in [3.8, 4) is 11.4 Å². The van der Waals surface area contributed by atoms with Gasteiger partial charge in [-0.1, -0.05) is 37.3 Å². The zero-order chi connectivity index (χ0) is 27.5. The molecule has 11 heteroatoms. The summed E-state index contributed by atoms with van der Waals surface area (Å²) < 4.78 is 5.56. The highest BCUT2D eigenvalue weighted by Gasteiger charge is 2.20. The molecule has 0 bridgehead atoms. The van der Waals surface area contributed by atoms with Gasteiger partial charge in [0.2, 0.25) is 0 Å². The summed E-state index contributed by atoms with van der Waals surface area (Å²) in [5.41, 5.74) is 5.23. The molecule has 1 unspecified atom stereocenters. The van der Waals surface area contributed by atoms with Gasteiger partial charge in [0, 0.05) is 49.4 Å². The van der Waals surface area contributed by atoms with E-state index in [0.717, 1.165) is 61.1 Å². The quantitative estimate of drug-likeness (QED) is 0.162. The molecule has 208 valence electrons. The Hall–Kier alpha value is -2.83. The lowest BCUT2D eigenvalue weighted by Crippen LogP contribution is -2.37. The molecule has 0 amide bonds. The molecule has 0 spiro atoms. The van der Waals surface area contributed by atoms with E-state index in [0.29, 0.717) is 36.0 Å². The Labute approximate surface area is 240 Å². The molecule has 3 aromatic rings. The number of aromatic nitrogens is 3. The first-order valence-electron chi connectivity index (χ1n) is 13.3. The van der Waals surface area contributed by atoms with Crippen molar-refractivity contribution in [3.63, 3.8) is 0 Å². The first kappa shape index (κ1) is 29.2. The van der Waals surface area contributed by atoms with Gasteiger partial charge in [0.15, 0.2) is 5.82 Å². The number of anilines is 1. The zero-order valence-electron chi connectivity index (χ0n) is 22.5. The smallest absolute Gasteiger partial charge is 0.162 e. The van der Waals surface area contributed by atoms with E-state index in [-0.39, 0.29) is 0 Å². The van der Waals surface area contributed by atoms with Crippen LogP contribution in [0.4, 0.5) is 5.82 Å². The van der Waals surface area contributed by atoms with Crippen LogP contribution in [-0.2, 0) is 11.3 Å². The number of hydrazone groups is 1. The summed E-state index contributed by atoms with van der Waals surface area (Å²) in [4.78, 5) is 19.4. The van der Waals surface area contributed by atoms with Crippen molar-refractivity contribution in [3.05, 3.63) is 58.2 Å². The van der Waals surface area contributed by atoms with Crippen molar-refractivity contribution in [2.75, 3.05) is 51.3 Å². The average molecular weight is 568 g/mol. The average Bonchev–Trinajstić information content (AvgIpc) is 3.48. The number of hydrogen-bond donors (Lipinski definition) is 3. The number of ether oxygens (including phenoxy) is 1. The lowest BCUT2D eigenvalue weighted by molar-refractivity contribution is 0.122. The molecule has 0 radical (unpaired) electrons. The predicted octanol–water partition coefficient (Wildman–Crippen LogP) is 3.96. The van der Waals surface area contributed by atoms with Crippen LogP contribution in [0.3, 0.4) is 0 Å². The summed E-state index contributed by atoms with van der Waals surface area (Å²) >= 11 is 6.50. The molecule has 39 heavy (non-hydrogen) atoms. The number of hydrogen-bond acceptors (Lipinski definition) is 11. The maximum Gasteiger partial charge on any atom is 0.162 e. The van der Waals surface area contributed by atoms with Gasteiger partial charge in [0.1, 0.15) is 10.8 Å². The van der Waals surface area contributed by atoms with Gasteiger partial charge in [0.05, 0.1) is 42.7 Å². The van der Waals surface area contributed by atoms with Crippen LogP contribution in [0.15, 0.2) is 51.9 Å². The molecule has 1 atom stereocenters. The Morgan fingerprint density at radius 3 is 2.82 bits per heavy atom. The summed E-state index contributed by atoms with van der Waals surface area (Å²) in [5.74, 6) is 1.35. The number of aliphatic hydroxyl groups is 1. The number of nitrogens with one attached hydrogen (secondary N) is 1. The fourth-order valence-electron chi connectivity index (χ4n) is 4.36. The number of rotatable bonds is 13. The van der Waals surface area contributed by atoms with Crippen LogP contribution in [0.25, 0.3) is 17.5 Å². The van der Waals surface area contributed by atoms with Crippen molar-refractivity contribution in [1.29, 1.82) is 0 Å². The molecule has 1 aliphatic heterocycles. The number of thiol groups is 1. The molecule has 3 heterocycles. The molecular weight excluding hydrogens is 530 g/mol. The van der Waals surface area contributed by atoms with E-state index in [1.165, 1.54) is 0 Å². The molecule has 1 saturated heterocycles. The Bertz CT molecular complexity index is 1230. The number of aliphatic hydroxyl groups excluding tert-OH is 1. The van der Waals surface area contributed by atoms with E-state index in [1.54, 1.807) is 30.7 Å².